The van der Waals surface area contributed by atoms with Gasteiger partial charge in [-0.3, -0.25) is 9.59 Å². The highest BCUT2D eigenvalue weighted by atomic mass is 19.4. The van der Waals surface area contributed by atoms with Crippen molar-refractivity contribution in [2.45, 2.75) is 32.0 Å². The van der Waals surface area contributed by atoms with Gasteiger partial charge in [0.05, 0.1) is 11.5 Å². The van der Waals surface area contributed by atoms with Gasteiger partial charge in [0.25, 0.3) is 0 Å². The Balaban J connectivity index is 1.82. The average molecular weight is 404 g/mol. The molecule has 0 saturated carbocycles. The molecule has 1 heterocycles. The van der Waals surface area contributed by atoms with Crippen LogP contribution in [0.3, 0.4) is 0 Å². The lowest BCUT2D eigenvalue weighted by atomic mass is 9.87. The molecule has 2 aromatic rings. The Morgan fingerprint density at radius 2 is 1.79 bits per heavy atom. The Labute approximate surface area is 167 Å². The van der Waals surface area contributed by atoms with Crippen LogP contribution in [0.1, 0.15) is 36.0 Å². The molecule has 0 bridgehead atoms. The number of hydrogen-bond acceptors (Lipinski definition) is 2. The maximum Gasteiger partial charge on any atom is 0.416 e. The van der Waals surface area contributed by atoms with E-state index in [1.165, 1.54) is 6.07 Å². The summed E-state index contributed by atoms with van der Waals surface area (Å²) in [4.78, 5) is 26.6. The molecule has 3 rings (SSSR count). The first-order valence-electron chi connectivity index (χ1n) is 9.56. The first-order valence-corrected chi connectivity index (χ1v) is 9.56. The van der Waals surface area contributed by atoms with Gasteiger partial charge in [0, 0.05) is 32.0 Å². The van der Waals surface area contributed by atoms with Gasteiger partial charge in [0.15, 0.2) is 0 Å². The fourth-order valence-corrected chi connectivity index (χ4v) is 3.70. The van der Waals surface area contributed by atoms with Gasteiger partial charge in [-0.15, -0.1) is 0 Å². The van der Waals surface area contributed by atoms with Gasteiger partial charge in [-0.25, -0.2) is 0 Å². The SMILES string of the molecule is CCC(=O)N1CC(C(=O)NCc2ccccc2)C(c2cccc(C(F)(F)F)c2)C1. The predicted octanol–water partition coefficient (Wildman–Crippen LogP) is 3.97. The number of hydrogen-bond donors (Lipinski definition) is 1. The van der Waals surface area contributed by atoms with E-state index >= 15 is 0 Å². The fraction of sp³-hybridized carbons (Fsp3) is 0.364. The molecule has 1 aliphatic heterocycles. The molecule has 1 aliphatic rings. The van der Waals surface area contributed by atoms with Crippen LogP contribution in [0.15, 0.2) is 54.6 Å². The highest BCUT2D eigenvalue weighted by Gasteiger charge is 2.41. The topological polar surface area (TPSA) is 49.4 Å². The average Bonchev–Trinajstić information content (AvgIpc) is 3.17. The molecule has 0 aromatic heterocycles. The van der Waals surface area contributed by atoms with Gasteiger partial charge >= 0.3 is 6.18 Å². The first-order chi connectivity index (χ1) is 13.8. The van der Waals surface area contributed by atoms with E-state index in [4.69, 9.17) is 0 Å². The van der Waals surface area contributed by atoms with Gasteiger partial charge in [0.1, 0.15) is 0 Å². The second kappa shape index (κ2) is 8.68. The van der Waals surface area contributed by atoms with Crippen LogP contribution < -0.4 is 5.32 Å². The monoisotopic (exact) mass is 404 g/mol. The molecule has 0 aliphatic carbocycles. The van der Waals surface area contributed by atoms with E-state index in [9.17, 15) is 22.8 Å². The Bertz CT molecular complexity index is 868. The van der Waals surface area contributed by atoms with Crippen LogP contribution in [0, 0.1) is 5.92 Å². The van der Waals surface area contributed by atoms with Crippen LogP contribution in [-0.2, 0) is 22.3 Å². The molecule has 2 atom stereocenters. The highest BCUT2D eigenvalue weighted by Crippen LogP contribution is 2.36. The van der Waals surface area contributed by atoms with Crippen LogP contribution in [0.4, 0.5) is 13.2 Å². The molecule has 1 saturated heterocycles. The summed E-state index contributed by atoms with van der Waals surface area (Å²) in [6.07, 6.45) is -4.17. The van der Waals surface area contributed by atoms with Crippen molar-refractivity contribution in [3.63, 3.8) is 0 Å². The van der Waals surface area contributed by atoms with E-state index in [0.29, 0.717) is 12.1 Å². The minimum absolute atomic E-state index is 0.111. The lowest BCUT2D eigenvalue weighted by Gasteiger charge is -2.19. The number of nitrogens with one attached hydrogen (secondary N) is 1. The molecular formula is C22H23F3N2O2. The Kier molecular flexibility index (Phi) is 6.25. The third-order valence-electron chi connectivity index (χ3n) is 5.26. The molecule has 0 radical (unpaired) electrons. The number of rotatable bonds is 5. The highest BCUT2D eigenvalue weighted by molar-refractivity contribution is 5.83. The summed E-state index contributed by atoms with van der Waals surface area (Å²) in [5.41, 5.74) is 0.598. The fourth-order valence-electron chi connectivity index (χ4n) is 3.70. The number of benzene rings is 2. The smallest absolute Gasteiger partial charge is 0.352 e. The minimum Gasteiger partial charge on any atom is -0.352 e. The number of amides is 2. The molecule has 29 heavy (non-hydrogen) atoms. The third kappa shape index (κ3) is 4.96. The normalized spacial score (nSPS) is 19.2. The summed E-state index contributed by atoms with van der Waals surface area (Å²) in [6.45, 7) is 2.49. The van der Waals surface area contributed by atoms with Crippen molar-refractivity contribution in [1.29, 1.82) is 0 Å². The summed E-state index contributed by atoms with van der Waals surface area (Å²) < 4.78 is 39.4. The van der Waals surface area contributed by atoms with Crippen molar-refractivity contribution in [1.82, 2.24) is 10.2 Å². The largest absolute Gasteiger partial charge is 0.416 e. The van der Waals surface area contributed by atoms with Crippen molar-refractivity contribution < 1.29 is 22.8 Å². The Morgan fingerprint density at radius 3 is 2.45 bits per heavy atom. The summed E-state index contributed by atoms with van der Waals surface area (Å²) in [6, 6.07) is 14.4. The number of halogens is 3. The lowest BCUT2D eigenvalue weighted by molar-refractivity contribution is -0.137. The molecule has 1 N–H and O–H groups in total. The Morgan fingerprint density at radius 1 is 1.07 bits per heavy atom. The maximum atomic E-state index is 13.1. The van der Waals surface area contributed by atoms with E-state index < -0.39 is 23.6 Å². The van der Waals surface area contributed by atoms with Crippen molar-refractivity contribution >= 4 is 11.8 Å². The quantitative estimate of drug-likeness (QED) is 0.820. The molecule has 2 amide bonds. The number of carbonyl (C=O) groups excluding carboxylic acids is 2. The Hall–Kier alpha value is -2.83. The van der Waals surface area contributed by atoms with Crippen LogP contribution in [0.2, 0.25) is 0 Å². The van der Waals surface area contributed by atoms with Gasteiger partial charge in [0.2, 0.25) is 11.8 Å². The molecule has 1 fully saturated rings. The van der Waals surface area contributed by atoms with Gasteiger partial charge < -0.3 is 10.2 Å². The molecule has 2 aromatic carbocycles. The third-order valence-corrected chi connectivity index (χ3v) is 5.26. The predicted molar refractivity (Wildman–Crippen MR) is 103 cm³/mol. The number of nitrogens with zero attached hydrogens (tertiary/aromatic N) is 1. The van der Waals surface area contributed by atoms with Crippen molar-refractivity contribution in [3.05, 3.63) is 71.3 Å². The maximum absolute atomic E-state index is 13.1. The van der Waals surface area contributed by atoms with Crippen LogP contribution >= 0.6 is 0 Å². The lowest BCUT2D eigenvalue weighted by Crippen LogP contribution is -2.35. The second-order valence-electron chi connectivity index (χ2n) is 7.19. The summed E-state index contributed by atoms with van der Waals surface area (Å²) in [7, 11) is 0. The minimum atomic E-state index is -4.46. The van der Waals surface area contributed by atoms with Crippen molar-refractivity contribution in [2.24, 2.45) is 5.92 Å². The summed E-state index contributed by atoms with van der Waals surface area (Å²) >= 11 is 0. The van der Waals surface area contributed by atoms with E-state index in [-0.39, 0.29) is 31.3 Å². The van der Waals surface area contributed by atoms with E-state index in [1.54, 1.807) is 17.9 Å². The number of alkyl halides is 3. The van der Waals surface area contributed by atoms with Crippen LogP contribution in [0.5, 0.6) is 0 Å². The van der Waals surface area contributed by atoms with E-state index in [1.807, 2.05) is 30.3 Å². The van der Waals surface area contributed by atoms with Crippen LogP contribution in [0.25, 0.3) is 0 Å². The molecule has 7 heteroatoms. The first kappa shape index (κ1) is 20.9. The molecule has 154 valence electrons. The second-order valence-corrected chi connectivity index (χ2v) is 7.19. The molecule has 0 spiro atoms. The standard InChI is InChI=1S/C22H23F3N2O2/c1-2-20(28)27-13-18(16-9-6-10-17(11-16)22(23,24)25)19(14-27)21(29)26-12-15-7-4-3-5-8-15/h3-11,18-19H,2,12-14H2,1H3,(H,26,29). The zero-order chi connectivity index (χ0) is 21.0. The molecule has 4 nitrogen and oxygen atoms in total. The van der Waals surface area contributed by atoms with Gasteiger partial charge in [-0.05, 0) is 17.2 Å². The van der Waals surface area contributed by atoms with Crippen LogP contribution in [-0.4, -0.2) is 29.8 Å². The molecule has 2 unspecified atom stereocenters. The number of likely N-dealkylation sites (tertiary alicyclic amines) is 1. The summed E-state index contributed by atoms with van der Waals surface area (Å²) in [5, 5.41) is 2.86. The van der Waals surface area contributed by atoms with Crippen molar-refractivity contribution in [2.75, 3.05) is 13.1 Å². The summed E-state index contributed by atoms with van der Waals surface area (Å²) in [5.74, 6) is -1.45. The van der Waals surface area contributed by atoms with Gasteiger partial charge in [-0.2, -0.15) is 13.2 Å². The van der Waals surface area contributed by atoms with Gasteiger partial charge in [-0.1, -0.05) is 55.5 Å². The zero-order valence-corrected chi connectivity index (χ0v) is 16.1. The number of carbonyl (C=O) groups is 2. The van der Waals surface area contributed by atoms with Crippen molar-refractivity contribution in [3.8, 4) is 0 Å². The molecular weight excluding hydrogens is 381 g/mol. The van der Waals surface area contributed by atoms with E-state index in [2.05, 4.69) is 5.32 Å². The zero-order valence-electron chi connectivity index (χ0n) is 16.1. The van der Waals surface area contributed by atoms with E-state index in [0.717, 1.165) is 17.7 Å².